The van der Waals surface area contributed by atoms with E-state index in [0.29, 0.717) is 0 Å². The zero-order valence-electron chi connectivity index (χ0n) is 17.6. The molecule has 0 aromatic carbocycles. The fourth-order valence-corrected chi connectivity index (χ4v) is 3.98. The molecule has 0 saturated carbocycles. The van der Waals surface area contributed by atoms with Crippen molar-refractivity contribution in [3.05, 3.63) is 0 Å². The molecule has 0 spiro atoms. The molecule has 15 nitrogen and oxygen atoms in total. The molecule has 3 aliphatic heterocycles. The monoisotopic (exact) mass is 488 g/mol. The minimum absolute atomic E-state index is 0.760. The predicted molar refractivity (Wildman–Crippen MR) is 99.8 cm³/mol. The first-order chi connectivity index (χ1) is 15.5. The Morgan fingerprint density at radius 1 is 0.545 bits per heavy atom. The summed E-state index contributed by atoms with van der Waals surface area (Å²) < 4.78 is 26.9. The molecule has 0 unspecified atom stereocenters. The van der Waals surface area contributed by atoms with Crippen molar-refractivity contribution >= 4 is 0 Å². The van der Waals surface area contributed by atoms with Gasteiger partial charge in [0.1, 0.15) is 67.1 Å². The Hall–Kier alpha value is -0.600. The smallest absolute Gasteiger partial charge is 0.187 e. The highest BCUT2D eigenvalue weighted by Gasteiger charge is 2.53. The molecule has 0 radical (unpaired) electrons. The topological polar surface area (TPSA) is 248 Å². The van der Waals surface area contributed by atoms with Gasteiger partial charge >= 0.3 is 0 Å². The van der Waals surface area contributed by atoms with E-state index >= 15 is 0 Å². The number of hydrogen-bond acceptors (Lipinski definition) is 15. The average Bonchev–Trinajstić information content (AvgIpc) is 2.80. The number of hydrogen-bond donors (Lipinski definition) is 10. The van der Waals surface area contributed by atoms with Gasteiger partial charge < -0.3 is 74.7 Å². The molecule has 3 aliphatic rings. The quantitative estimate of drug-likeness (QED) is 0.167. The molecular weight excluding hydrogens is 456 g/mol. The van der Waals surface area contributed by atoms with Crippen LogP contribution in [0.5, 0.6) is 0 Å². The summed E-state index contributed by atoms with van der Waals surface area (Å²) in [6.07, 6.45) is -24.1. The Bertz CT molecular complexity index is 624. The van der Waals surface area contributed by atoms with E-state index < -0.39 is 105 Å². The second-order valence-corrected chi connectivity index (χ2v) is 8.32. The third kappa shape index (κ3) is 5.32. The van der Waals surface area contributed by atoms with E-state index in [-0.39, 0.29) is 0 Å². The summed E-state index contributed by atoms with van der Waals surface area (Å²) in [5.74, 6) is 0. The molecular formula is C18H32O15. The SMILES string of the molecule is C[C@H]1O[C@H](O[C@H]2[C@H](O[C@H]3[C@H](O)[C@@H](O)[C@@H](O)O[C@@H]3CO)O[C@H](CO)[C@H](O)[C@@H]2O)[C@H](O)[C@@H](O)[C@H]1O. The highest BCUT2D eigenvalue weighted by molar-refractivity contribution is 4.95. The molecule has 0 bridgehead atoms. The van der Waals surface area contributed by atoms with Gasteiger partial charge in [-0.1, -0.05) is 0 Å². The fraction of sp³-hybridized carbons (Fsp3) is 1.00. The van der Waals surface area contributed by atoms with Crippen LogP contribution in [-0.4, -0.2) is 156 Å². The Morgan fingerprint density at radius 3 is 1.73 bits per heavy atom. The van der Waals surface area contributed by atoms with Crippen LogP contribution in [0, 0.1) is 0 Å². The van der Waals surface area contributed by atoms with E-state index in [2.05, 4.69) is 0 Å². The molecule has 194 valence electrons. The lowest BCUT2D eigenvalue weighted by molar-refractivity contribution is -0.385. The molecule has 3 rings (SSSR count). The van der Waals surface area contributed by atoms with Gasteiger partial charge in [-0.3, -0.25) is 0 Å². The molecule has 0 amide bonds. The van der Waals surface area contributed by atoms with Gasteiger partial charge in [-0.25, -0.2) is 0 Å². The number of rotatable bonds is 6. The van der Waals surface area contributed by atoms with Gasteiger partial charge in [0.15, 0.2) is 18.9 Å². The molecule has 3 heterocycles. The lowest BCUT2D eigenvalue weighted by Gasteiger charge is -2.48. The highest BCUT2D eigenvalue weighted by atomic mass is 16.8. The van der Waals surface area contributed by atoms with Crippen molar-refractivity contribution in [3.63, 3.8) is 0 Å². The normalized spacial score (nSPS) is 53.7. The maximum atomic E-state index is 10.6. The van der Waals surface area contributed by atoms with E-state index in [4.69, 9.17) is 23.7 Å². The largest absolute Gasteiger partial charge is 0.394 e. The van der Waals surface area contributed by atoms with Crippen LogP contribution in [0.25, 0.3) is 0 Å². The number of ether oxygens (including phenoxy) is 5. The van der Waals surface area contributed by atoms with E-state index in [0.717, 1.165) is 0 Å². The first kappa shape index (κ1) is 27.0. The second kappa shape index (κ2) is 11.0. The van der Waals surface area contributed by atoms with Crippen LogP contribution in [0.2, 0.25) is 0 Å². The summed E-state index contributed by atoms with van der Waals surface area (Å²) in [5.41, 5.74) is 0. The Balaban J connectivity index is 1.83. The molecule has 3 saturated heterocycles. The summed E-state index contributed by atoms with van der Waals surface area (Å²) >= 11 is 0. The van der Waals surface area contributed by atoms with Crippen LogP contribution in [-0.2, 0) is 23.7 Å². The molecule has 15 atom stereocenters. The predicted octanol–water partition coefficient (Wildman–Crippen LogP) is -6.55. The second-order valence-electron chi connectivity index (χ2n) is 8.32. The van der Waals surface area contributed by atoms with Crippen LogP contribution < -0.4 is 0 Å². The van der Waals surface area contributed by atoms with E-state index in [1.165, 1.54) is 6.92 Å². The number of aliphatic hydroxyl groups is 10. The van der Waals surface area contributed by atoms with Crippen LogP contribution in [0.3, 0.4) is 0 Å². The van der Waals surface area contributed by atoms with Gasteiger partial charge in [0.25, 0.3) is 0 Å². The van der Waals surface area contributed by atoms with Gasteiger partial charge in [-0.15, -0.1) is 0 Å². The molecule has 15 heteroatoms. The van der Waals surface area contributed by atoms with Crippen LogP contribution in [0.4, 0.5) is 0 Å². The van der Waals surface area contributed by atoms with Crippen molar-refractivity contribution in [2.24, 2.45) is 0 Å². The van der Waals surface area contributed by atoms with E-state index in [1.54, 1.807) is 0 Å². The van der Waals surface area contributed by atoms with E-state index in [1.807, 2.05) is 0 Å². The summed E-state index contributed by atoms with van der Waals surface area (Å²) in [6, 6.07) is 0. The van der Waals surface area contributed by atoms with Crippen LogP contribution in [0.1, 0.15) is 6.92 Å². The minimum Gasteiger partial charge on any atom is -0.394 e. The lowest BCUT2D eigenvalue weighted by Crippen LogP contribution is -2.66. The Kier molecular flexibility index (Phi) is 8.99. The molecule has 0 aromatic rings. The van der Waals surface area contributed by atoms with Crippen LogP contribution in [0.15, 0.2) is 0 Å². The van der Waals surface area contributed by atoms with Gasteiger partial charge in [0.05, 0.1) is 19.3 Å². The summed E-state index contributed by atoms with van der Waals surface area (Å²) in [7, 11) is 0. The standard InChI is InChI=1S/C18H32O15/c1-4-7(21)9(23)13(27)17(29-4)33-15-10(24)8(22)5(2-19)31-18(15)32-14-6(3-20)30-16(28)12(26)11(14)25/h4-28H,2-3H2,1H3/t4-,5-,6-,7+,8+,9+,10+,11-,12-,13-,14-,15-,16+,17-,18+/m1/s1. The van der Waals surface area contributed by atoms with Gasteiger partial charge in [0.2, 0.25) is 0 Å². The van der Waals surface area contributed by atoms with Crippen molar-refractivity contribution in [2.45, 2.75) is 99.0 Å². The first-order valence-electron chi connectivity index (χ1n) is 10.4. The first-order valence-corrected chi connectivity index (χ1v) is 10.4. The molecule has 33 heavy (non-hydrogen) atoms. The maximum Gasteiger partial charge on any atom is 0.187 e. The fourth-order valence-electron chi connectivity index (χ4n) is 3.98. The maximum absolute atomic E-state index is 10.6. The molecule has 0 aromatic heterocycles. The summed E-state index contributed by atoms with van der Waals surface area (Å²) in [6.45, 7) is -0.128. The van der Waals surface area contributed by atoms with Crippen molar-refractivity contribution in [3.8, 4) is 0 Å². The van der Waals surface area contributed by atoms with Crippen molar-refractivity contribution in [1.82, 2.24) is 0 Å². The van der Waals surface area contributed by atoms with Gasteiger partial charge in [-0.05, 0) is 6.92 Å². The van der Waals surface area contributed by atoms with Crippen molar-refractivity contribution in [1.29, 1.82) is 0 Å². The molecule has 3 fully saturated rings. The zero-order valence-corrected chi connectivity index (χ0v) is 17.6. The van der Waals surface area contributed by atoms with Crippen LogP contribution >= 0.6 is 0 Å². The Labute approximate surface area is 187 Å². The van der Waals surface area contributed by atoms with Crippen molar-refractivity contribution in [2.75, 3.05) is 13.2 Å². The zero-order chi connectivity index (χ0) is 24.6. The average molecular weight is 488 g/mol. The van der Waals surface area contributed by atoms with Gasteiger partial charge in [-0.2, -0.15) is 0 Å². The minimum atomic E-state index is -1.83. The third-order valence-electron chi connectivity index (χ3n) is 6.05. The number of aliphatic hydroxyl groups excluding tert-OH is 10. The van der Waals surface area contributed by atoms with Crippen molar-refractivity contribution < 1.29 is 74.7 Å². The van der Waals surface area contributed by atoms with E-state index in [9.17, 15) is 51.1 Å². The highest BCUT2D eigenvalue weighted by Crippen LogP contribution is 2.32. The molecule has 10 N–H and O–H groups in total. The summed E-state index contributed by atoms with van der Waals surface area (Å²) in [5, 5.41) is 99.8. The Morgan fingerprint density at radius 2 is 1.12 bits per heavy atom. The lowest BCUT2D eigenvalue weighted by atomic mass is 9.96. The summed E-state index contributed by atoms with van der Waals surface area (Å²) in [4.78, 5) is 0. The van der Waals surface area contributed by atoms with Gasteiger partial charge in [0, 0.05) is 0 Å². The molecule has 0 aliphatic carbocycles. The third-order valence-corrected chi connectivity index (χ3v) is 6.05.